The molecule has 36 heavy (non-hydrogen) atoms. The van der Waals surface area contributed by atoms with E-state index in [-0.39, 0.29) is 12.3 Å². The quantitative estimate of drug-likeness (QED) is 0.298. The van der Waals surface area contributed by atoms with Crippen LogP contribution in [0.4, 0.5) is 5.13 Å². The van der Waals surface area contributed by atoms with Crippen molar-refractivity contribution in [1.82, 2.24) is 9.97 Å². The molecule has 2 heterocycles. The van der Waals surface area contributed by atoms with Crippen LogP contribution in [0, 0.1) is 5.92 Å². The lowest BCUT2D eigenvalue weighted by molar-refractivity contribution is -0.140. The molecule has 9 heteroatoms. The zero-order valence-corrected chi connectivity index (χ0v) is 21.3. The Morgan fingerprint density at radius 3 is 2.47 bits per heavy atom. The molecule has 2 aromatic heterocycles. The van der Waals surface area contributed by atoms with Crippen molar-refractivity contribution >= 4 is 39.9 Å². The third-order valence-corrected chi connectivity index (χ3v) is 6.91. The number of thiazole rings is 1. The fraction of sp³-hybridized carbons (Fsp3) is 0.185. The predicted octanol–water partition coefficient (Wildman–Crippen LogP) is 5.83. The lowest BCUT2D eigenvalue weighted by Crippen LogP contribution is -2.35. The van der Waals surface area contributed by atoms with Gasteiger partial charge in [0.25, 0.3) is 0 Å². The van der Waals surface area contributed by atoms with E-state index >= 15 is 0 Å². The van der Waals surface area contributed by atoms with Gasteiger partial charge in [0.2, 0.25) is 11.8 Å². The monoisotopic (exact) mass is 521 g/mol. The van der Waals surface area contributed by atoms with Crippen molar-refractivity contribution in [2.75, 3.05) is 19.1 Å². The molecular formula is C27H24ClN3O4S. The third-order valence-electron chi connectivity index (χ3n) is 5.72. The summed E-state index contributed by atoms with van der Waals surface area (Å²) in [6.45, 7) is 0. The van der Waals surface area contributed by atoms with Gasteiger partial charge in [-0.15, -0.1) is 11.3 Å². The van der Waals surface area contributed by atoms with Crippen LogP contribution in [-0.4, -0.2) is 41.1 Å². The summed E-state index contributed by atoms with van der Waals surface area (Å²) in [6, 6.07) is 18.9. The first-order chi connectivity index (χ1) is 17.4. The standard InChI is InChI=1S/C27H24ClN3O4S/c1-31(26(34)18(14-24(32)33)12-17-8-4-3-5-9-17)27-30-23(16-36-27)21-11-7-6-10-20(21)19-13-22(28)25(35-2)29-15-19/h3-11,13,15-16,18H,12,14H2,1-2H3,(H,32,33). The zero-order valence-electron chi connectivity index (χ0n) is 19.7. The van der Waals surface area contributed by atoms with Crippen molar-refractivity contribution in [2.24, 2.45) is 5.92 Å². The normalized spacial score (nSPS) is 11.6. The second-order valence-electron chi connectivity index (χ2n) is 8.16. The van der Waals surface area contributed by atoms with Gasteiger partial charge in [0.15, 0.2) is 5.13 Å². The summed E-state index contributed by atoms with van der Waals surface area (Å²) in [5.74, 6) is -1.66. The number of hydrogen-bond acceptors (Lipinski definition) is 6. The van der Waals surface area contributed by atoms with Crippen molar-refractivity contribution in [3.8, 4) is 28.3 Å². The minimum Gasteiger partial charge on any atom is -0.481 e. The Labute approximate surface area is 218 Å². The van der Waals surface area contributed by atoms with Crippen molar-refractivity contribution in [3.63, 3.8) is 0 Å². The first-order valence-electron chi connectivity index (χ1n) is 11.2. The van der Waals surface area contributed by atoms with Gasteiger partial charge in [-0.1, -0.05) is 66.2 Å². The average molecular weight is 522 g/mol. The van der Waals surface area contributed by atoms with E-state index in [1.54, 1.807) is 19.3 Å². The van der Waals surface area contributed by atoms with Gasteiger partial charge in [-0.3, -0.25) is 14.5 Å². The number of methoxy groups -OCH3 is 1. The number of carboxylic acid groups (broad SMARTS) is 1. The number of rotatable bonds is 9. The lowest BCUT2D eigenvalue weighted by Gasteiger charge is -2.21. The number of carbonyl (C=O) groups excluding carboxylic acids is 1. The van der Waals surface area contributed by atoms with Crippen LogP contribution in [0.25, 0.3) is 22.4 Å². The highest BCUT2D eigenvalue weighted by Gasteiger charge is 2.27. The summed E-state index contributed by atoms with van der Waals surface area (Å²) in [4.78, 5) is 35.2. The number of benzene rings is 2. The highest BCUT2D eigenvalue weighted by Crippen LogP contribution is 2.36. The average Bonchev–Trinajstić information content (AvgIpc) is 3.38. The summed E-state index contributed by atoms with van der Waals surface area (Å²) in [6.07, 6.45) is 1.76. The maximum atomic E-state index is 13.3. The molecule has 0 fully saturated rings. The van der Waals surface area contributed by atoms with Crippen LogP contribution in [0.2, 0.25) is 5.02 Å². The first-order valence-corrected chi connectivity index (χ1v) is 12.4. The van der Waals surface area contributed by atoms with Crippen molar-refractivity contribution in [1.29, 1.82) is 0 Å². The molecule has 184 valence electrons. The van der Waals surface area contributed by atoms with Gasteiger partial charge in [-0.05, 0) is 23.6 Å². The number of hydrogen-bond donors (Lipinski definition) is 1. The number of aliphatic carboxylic acids is 1. The van der Waals surface area contributed by atoms with Gasteiger partial charge in [0.1, 0.15) is 5.02 Å². The second-order valence-corrected chi connectivity index (χ2v) is 9.40. The summed E-state index contributed by atoms with van der Waals surface area (Å²) >= 11 is 7.62. The lowest BCUT2D eigenvalue weighted by atomic mass is 9.95. The highest BCUT2D eigenvalue weighted by atomic mass is 35.5. The van der Waals surface area contributed by atoms with Gasteiger partial charge in [-0.2, -0.15) is 0 Å². The maximum Gasteiger partial charge on any atom is 0.304 e. The summed E-state index contributed by atoms with van der Waals surface area (Å²) in [5.41, 5.74) is 4.14. The van der Waals surface area contributed by atoms with E-state index in [9.17, 15) is 14.7 Å². The molecule has 7 nitrogen and oxygen atoms in total. The van der Waals surface area contributed by atoms with E-state index < -0.39 is 11.9 Å². The van der Waals surface area contributed by atoms with E-state index in [1.165, 1.54) is 23.3 Å². The first kappa shape index (κ1) is 25.3. The molecule has 1 amide bonds. The summed E-state index contributed by atoms with van der Waals surface area (Å²) in [7, 11) is 3.14. The molecule has 0 saturated carbocycles. The Bertz CT molecular complexity index is 1380. The Morgan fingerprint density at radius 2 is 1.81 bits per heavy atom. The minimum absolute atomic E-state index is 0.260. The number of nitrogens with zero attached hydrogens (tertiary/aromatic N) is 3. The van der Waals surface area contributed by atoms with Gasteiger partial charge in [-0.25, -0.2) is 9.97 Å². The molecule has 1 atom stereocenters. The molecule has 4 rings (SSSR count). The molecule has 0 aliphatic carbocycles. The van der Waals surface area contributed by atoms with Gasteiger partial charge < -0.3 is 9.84 Å². The topological polar surface area (TPSA) is 92.6 Å². The summed E-state index contributed by atoms with van der Waals surface area (Å²) < 4.78 is 5.16. The van der Waals surface area contributed by atoms with Gasteiger partial charge in [0, 0.05) is 29.8 Å². The molecule has 2 aromatic carbocycles. The number of ether oxygens (including phenoxy) is 1. The summed E-state index contributed by atoms with van der Waals surface area (Å²) in [5, 5.41) is 12.2. The van der Waals surface area contributed by atoms with Crippen LogP contribution in [-0.2, 0) is 16.0 Å². The molecule has 0 aliphatic rings. The van der Waals surface area contributed by atoms with Crippen molar-refractivity contribution in [2.45, 2.75) is 12.8 Å². The maximum absolute atomic E-state index is 13.3. The Hall–Kier alpha value is -3.75. The largest absolute Gasteiger partial charge is 0.481 e. The molecular weight excluding hydrogens is 498 g/mol. The number of amides is 1. The van der Waals surface area contributed by atoms with Gasteiger partial charge in [0.05, 0.1) is 25.1 Å². The predicted molar refractivity (Wildman–Crippen MR) is 142 cm³/mol. The van der Waals surface area contributed by atoms with Gasteiger partial charge >= 0.3 is 5.97 Å². The number of anilines is 1. The Balaban J connectivity index is 1.61. The number of aromatic nitrogens is 2. The second kappa shape index (κ2) is 11.3. The van der Waals surface area contributed by atoms with Crippen LogP contribution in [0.1, 0.15) is 12.0 Å². The van der Waals surface area contributed by atoms with E-state index in [0.29, 0.717) is 28.1 Å². The van der Waals surface area contributed by atoms with Crippen LogP contribution >= 0.6 is 22.9 Å². The third kappa shape index (κ3) is 5.72. The van der Waals surface area contributed by atoms with Crippen molar-refractivity contribution in [3.05, 3.63) is 82.8 Å². The molecule has 4 aromatic rings. The molecule has 0 aliphatic heterocycles. The SMILES string of the molecule is COc1ncc(-c2ccccc2-c2csc(N(C)C(=O)C(CC(=O)O)Cc3ccccc3)n2)cc1Cl. The van der Waals surface area contributed by atoms with Crippen LogP contribution in [0.5, 0.6) is 5.88 Å². The fourth-order valence-corrected chi connectivity index (χ4v) is 4.99. The molecule has 1 unspecified atom stereocenters. The van der Waals surface area contributed by atoms with Crippen LogP contribution in [0.3, 0.4) is 0 Å². The van der Waals surface area contributed by atoms with E-state index in [2.05, 4.69) is 4.98 Å². The van der Waals surface area contributed by atoms with Crippen LogP contribution in [0.15, 0.2) is 72.2 Å². The van der Waals surface area contributed by atoms with E-state index in [1.807, 2.05) is 60.0 Å². The fourth-order valence-electron chi connectivity index (χ4n) is 3.95. The molecule has 1 N–H and O–H groups in total. The molecule has 0 spiro atoms. The minimum atomic E-state index is -1.02. The zero-order chi connectivity index (χ0) is 25.7. The molecule has 0 radical (unpaired) electrons. The number of pyridine rings is 1. The van der Waals surface area contributed by atoms with Crippen molar-refractivity contribution < 1.29 is 19.4 Å². The highest BCUT2D eigenvalue weighted by molar-refractivity contribution is 7.14. The molecule has 0 bridgehead atoms. The molecule has 0 saturated heterocycles. The Morgan fingerprint density at radius 1 is 1.11 bits per heavy atom. The van der Waals surface area contributed by atoms with Crippen LogP contribution < -0.4 is 9.64 Å². The smallest absolute Gasteiger partial charge is 0.304 e. The Kier molecular flexibility index (Phi) is 7.97. The van der Waals surface area contributed by atoms with E-state index in [0.717, 1.165) is 22.3 Å². The number of carboxylic acids is 1. The number of carbonyl (C=O) groups is 2. The van der Waals surface area contributed by atoms with E-state index in [4.69, 9.17) is 21.3 Å². The number of halogens is 1.